The summed E-state index contributed by atoms with van der Waals surface area (Å²) in [5.41, 5.74) is 0.141. The first-order valence-corrected chi connectivity index (χ1v) is 7.60. The number of ether oxygens (including phenoxy) is 3. The van der Waals surface area contributed by atoms with E-state index in [0.717, 1.165) is 32.2 Å². The van der Waals surface area contributed by atoms with Crippen molar-refractivity contribution in [1.82, 2.24) is 0 Å². The fourth-order valence-electron chi connectivity index (χ4n) is 4.31. The molecule has 104 valence electrons. The Morgan fingerprint density at radius 2 is 1.89 bits per heavy atom. The van der Waals surface area contributed by atoms with E-state index < -0.39 is 0 Å². The van der Waals surface area contributed by atoms with Crippen molar-refractivity contribution in [3.05, 3.63) is 0 Å². The Bertz CT molecular complexity index is 279. The van der Waals surface area contributed by atoms with E-state index in [1.54, 1.807) is 0 Å². The SMILES string of the molecule is COCC1(C2CCCCC2)COC12CCCCO2. The first-order valence-electron chi connectivity index (χ1n) is 7.60. The van der Waals surface area contributed by atoms with Gasteiger partial charge in [-0.3, -0.25) is 0 Å². The van der Waals surface area contributed by atoms with E-state index in [4.69, 9.17) is 14.2 Å². The fraction of sp³-hybridized carbons (Fsp3) is 1.00. The molecule has 3 heteroatoms. The Morgan fingerprint density at radius 3 is 2.44 bits per heavy atom. The van der Waals surface area contributed by atoms with Crippen molar-refractivity contribution in [2.24, 2.45) is 11.3 Å². The molecule has 0 N–H and O–H groups in total. The Hall–Kier alpha value is -0.120. The lowest BCUT2D eigenvalue weighted by molar-refractivity contribution is -0.425. The molecule has 0 aromatic heterocycles. The molecule has 18 heavy (non-hydrogen) atoms. The molecule has 1 aliphatic carbocycles. The molecule has 1 spiro atoms. The fourth-order valence-corrected chi connectivity index (χ4v) is 4.31. The van der Waals surface area contributed by atoms with Gasteiger partial charge in [-0.15, -0.1) is 0 Å². The molecule has 1 saturated carbocycles. The molecule has 3 aliphatic rings. The van der Waals surface area contributed by atoms with Gasteiger partial charge in [0.05, 0.1) is 25.2 Å². The molecule has 2 atom stereocenters. The predicted octanol–water partition coefficient (Wildman–Crippen LogP) is 3.13. The predicted molar refractivity (Wildman–Crippen MR) is 69.4 cm³/mol. The zero-order valence-electron chi connectivity index (χ0n) is 11.6. The van der Waals surface area contributed by atoms with Gasteiger partial charge in [-0.25, -0.2) is 0 Å². The van der Waals surface area contributed by atoms with Crippen LogP contribution in [0.2, 0.25) is 0 Å². The highest BCUT2D eigenvalue weighted by atomic mass is 16.7. The second-order valence-electron chi connectivity index (χ2n) is 6.27. The van der Waals surface area contributed by atoms with Gasteiger partial charge in [0.25, 0.3) is 0 Å². The van der Waals surface area contributed by atoms with Crippen molar-refractivity contribution in [1.29, 1.82) is 0 Å². The quantitative estimate of drug-likeness (QED) is 0.774. The molecular formula is C15H26O3. The topological polar surface area (TPSA) is 27.7 Å². The lowest BCUT2D eigenvalue weighted by Gasteiger charge is -2.62. The van der Waals surface area contributed by atoms with Crippen LogP contribution in [0, 0.1) is 11.3 Å². The van der Waals surface area contributed by atoms with E-state index >= 15 is 0 Å². The van der Waals surface area contributed by atoms with Crippen LogP contribution in [0.25, 0.3) is 0 Å². The molecular weight excluding hydrogens is 228 g/mol. The molecule has 0 bridgehead atoms. The second-order valence-corrected chi connectivity index (χ2v) is 6.27. The van der Waals surface area contributed by atoms with Gasteiger partial charge in [0.15, 0.2) is 5.79 Å². The van der Waals surface area contributed by atoms with Gasteiger partial charge >= 0.3 is 0 Å². The average Bonchev–Trinajstić information content (AvgIpc) is 2.45. The number of rotatable bonds is 3. The van der Waals surface area contributed by atoms with Crippen molar-refractivity contribution in [3.63, 3.8) is 0 Å². The van der Waals surface area contributed by atoms with Crippen molar-refractivity contribution in [3.8, 4) is 0 Å². The normalized spacial score (nSPS) is 41.8. The second kappa shape index (κ2) is 5.10. The van der Waals surface area contributed by atoms with Crippen molar-refractivity contribution >= 4 is 0 Å². The summed E-state index contributed by atoms with van der Waals surface area (Å²) in [7, 11) is 1.82. The average molecular weight is 254 g/mol. The minimum Gasteiger partial charge on any atom is -0.384 e. The Morgan fingerprint density at radius 1 is 1.06 bits per heavy atom. The van der Waals surface area contributed by atoms with Gasteiger partial charge in [0.2, 0.25) is 0 Å². The molecule has 2 aliphatic heterocycles. The maximum Gasteiger partial charge on any atom is 0.178 e. The molecule has 2 unspecified atom stereocenters. The van der Waals surface area contributed by atoms with E-state index in [1.165, 1.54) is 44.9 Å². The summed E-state index contributed by atoms with van der Waals surface area (Å²) in [4.78, 5) is 0. The zero-order chi connectivity index (χ0) is 12.5. The van der Waals surface area contributed by atoms with E-state index in [9.17, 15) is 0 Å². The van der Waals surface area contributed by atoms with Crippen LogP contribution in [0.1, 0.15) is 51.4 Å². The summed E-state index contributed by atoms with van der Waals surface area (Å²) < 4.78 is 17.7. The molecule has 0 amide bonds. The van der Waals surface area contributed by atoms with Crippen LogP contribution in [0.15, 0.2) is 0 Å². The first kappa shape index (κ1) is 12.9. The highest BCUT2D eigenvalue weighted by Crippen LogP contribution is 2.58. The zero-order valence-corrected chi connectivity index (χ0v) is 11.6. The van der Waals surface area contributed by atoms with Crippen LogP contribution in [0.5, 0.6) is 0 Å². The van der Waals surface area contributed by atoms with E-state index in [0.29, 0.717) is 0 Å². The van der Waals surface area contributed by atoms with Crippen molar-refractivity contribution in [2.45, 2.75) is 57.2 Å². The van der Waals surface area contributed by atoms with E-state index in [1.807, 2.05) is 7.11 Å². The standard InChI is InChI=1S/C15H26O3/c1-16-11-14(13-7-3-2-4-8-13)12-18-15(14)9-5-6-10-17-15/h13H,2-12H2,1H3. The summed E-state index contributed by atoms with van der Waals surface area (Å²) >= 11 is 0. The number of hydrogen-bond acceptors (Lipinski definition) is 3. The van der Waals surface area contributed by atoms with Gasteiger partial charge in [-0.1, -0.05) is 19.3 Å². The van der Waals surface area contributed by atoms with Gasteiger partial charge < -0.3 is 14.2 Å². The maximum atomic E-state index is 6.12. The highest BCUT2D eigenvalue weighted by molar-refractivity contribution is 5.06. The molecule has 3 rings (SSSR count). The third-order valence-corrected chi connectivity index (χ3v) is 5.35. The Balaban J connectivity index is 1.81. The van der Waals surface area contributed by atoms with Crippen LogP contribution >= 0.6 is 0 Å². The van der Waals surface area contributed by atoms with E-state index in [2.05, 4.69) is 0 Å². The first-order chi connectivity index (χ1) is 8.83. The van der Waals surface area contributed by atoms with Crippen LogP contribution in [-0.4, -0.2) is 32.7 Å². The molecule has 0 aromatic carbocycles. The Labute approximate surface area is 110 Å². The van der Waals surface area contributed by atoms with Crippen LogP contribution in [0.3, 0.4) is 0 Å². The van der Waals surface area contributed by atoms with Gasteiger partial charge in [-0.05, 0) is 31.6 Å². The van der Waals surface area contributed by atoms with Gasteiger partial charge in [0.1, 0.15) is 0 Å². The number of hydrogen-bond donors (Lipinski definition) is 0. The lowest BCUT2D eigenvalue weighted by atomic mass is 9.60. The molecule has 2 saturated heterocycles. The third-order valence-electron chi connectivity index (χ3n) is 5.35. The summed E-state index contributed by atoms with van der Waals surface area (Å²) in [5.74, 6) is 0.432. The van der Waals surface area contributed by atoms with Crippen LogP contribution in [-0.2, 0) is 14.2 Å². The Kier molecular flexibility index (Phi) is 3.65. The monoisotopic (exact) mass is 254 g/mol. The smallest absolute Gasteiger partial charge is 0.178 e. The van der Waals surface area contributed by atoms with Crippen LogP contribution in [0.4, 0.5) is 0 Å². The summed E-state index contributed by atoms with van der Waals surface area (Å²) in [6.07, 6.45) is 10.3. The van der Waals surface area contributed by atoms with Gasteiger partial charge in [0, 0.05) is 13.5 Å². The molecule has 3 fully saturated rings. The molecule has 0 aromatic rings. The largest absolute Gasteiger partial charge is 0.384 e. The van der Waals surface area contributed by atoms with E-state index in [-0.39, 0.29) is 11.2 Å². The number of methoxy groups -OCH3 is 1. The summed E-state index contributed by atoms with van der Waals surface area (Å²) in [6.45, 7) is 2.50. The molecule has 3 nitrogen and oxygen atoms in total. The molecule has 2 heterocycles. The maximum absolute atomic E-state index is 6.12. The minimum atomic E-state index is -0.302. The third kappa shape index (κ3) is 1.83. The molecule has 0 radical (unpaired) electrons. The summed E-state index contributed by atoms with van der Waals surface area (Å²) in [5, 5.41) is 0. The van der Waals surface area contributed by atoms with Crippen molar-refractivity contribution in [2.75, 3.05) is 26.9 Å². The van der Waals surface area contributed by atoms with Crippen molar-refractivity contribution < 1.29 is 14.2 Å². The van der Waals surface area contributed by atoms with Gasteiger partial charge in [-0.2, -0.15) is 0 Å². The highest BCUT2D eigenvalue weighted by Gasteiger charge is 2.65. The van der Waals surface area contributed by atoms with Crippen LogP contribution < -0.4 is 0 Å². The lowest BCUT2D eigenvalue weighted by Crippen LogP contribution is -2.70. The minimum absolute atomic E-state index is 0.141. The summed E-state index contributed by atoms with van der Waals surface area (Å²) in [6, 6.07) is 0.